The molecule has 5 rings (SSSR count). The fourth-order valence-electron chi connectivity index (χ4n) is 4.18. The van der Waals surface area contributed by atoms with Crippen LogP contribution in [0.25, 0.3) is 22.2 Å². The van der Waals surface area contributed by atoms with E-state index in [0.717, 1.165) is 12.0 Å². The van der Waals surface area contributed by atoms with Crippen LogP contribution >= 0.6 is 0 Å². The average molecular weight is 541 g/mol. The summed E-state index contributed by atoms with van der Waals surface area (Å²) in [5, 5.41) is 0. The second-order valence-corrected chi connectivity index (χ2v) is 10.2. The zero-order valence-electron chi connectivity index (χ0n) is 18.6. The Morgan fingerprint density at radius 3 is 2.30 bits per heavy atom. The number of H-pyrrole nitrogens is 1. The third-order valence-electron chi connectivity index (χ3n) is 5.97. The van der Waals surface area contributed by atoms with Gasteiger partial charge in [0.25, 0.3) is 0 Å². The van der Waals surface area contributed by atoms with Crippen LogP contribution in [0.3, 0.4) is 0 Å². The number of anilines is 1. The van der Waals surface area contributed by atoms with Crippen LogP contribution in [0.2, 0.25) is 0 Å². The van der Waals surface area contributed by atoms with Crippen molar-refractivity contribution in [3.8, 4) is 16.9 Å². The van der Waals surface area contributed by atoms with Crippen LogP contribution in [0, 0.1) is 0 Å². The van der Waals surface area contributed by atoms with Gasteiger partial charge in [0, 0.05) is 11.5 Å². The highest BCUT2D eigenvalue weighted by atomic mass is 32.2. The van der Waals surface area contributed by atoms with E-state index in [9.17, 15) is 34.8 Å². The number of ether oxygens (including phenoxy) is 1. The zero-order chi connectivity index (χ0) is 26.6. The van der Waals surface area contributed by atoms with Gasteiger partial charge < -0.3 is 9.72 Å². The third-order valence-corrected chi connectivity index (χ3v) is 7.07. The zero-order valence-corrected chi connectivity index (χ0v) is 19.4. The fraction of sp³-hybridized carbons (Fsp3) is 0.208. The SMILES string of the molecule is O=S(=O)(Nc1ccccc1-c1ccc2[nH]c(C3CC3c3ccc(OC(F)(F)F)cc3)nc2c1)C(F)(F)F. The summed E-state index contributed by atoms with van der Waals surface area (Å²) >= 11 is 0. The van der Waals surface area contributed by atoms with Crippen LogP contribution in [-0.2, 0) is 10.0 Å². The number of aromatic nitrogens is 2. The molecule has 1 saturated carbocycles. The van der Waals surface area contributed by atoms with E-state index in [1.807, 2.05) is 0 Å². The van der Waals surface area contributed by atoms with Crippen LogP contribution < -0.4 is 9.46 Å². The molecule has 1 aliphatic rings. The maximum atomic E-state index is 12.9. The molecule has 0 radical (unpaired) electrons. The summed E-state index contributed by atoms with van der Waals surface area (Å²) in [5.41, 5.74) is -2.95. The highest BCUT2D eigenvalue weighted by molar-refractivity contribution is 7.93. The van der Waals surface area contributed by atoms with Crippen LogP contribution in [-0.4, -0.2) is 30.3 Å². The molecule has 2 unspecified atom stereocenters. The van der Waals surface area contributed by atoms with Crippen LogP contribution in [0.15, 0.2) is 66.7 Å². The topological polar surface area (TPSA) is 84.1 Å². The van der Waals surface area contributed by atoms with E-state index in [1.165, 1.54) is 30.3 Å². The van der Waals surface area contributed by atoms with Crippen molar-refractivity contribution >= 4 is 26.7 Å². The molecule has 4 aromatic rings. The first-order valence-corrected chi connectivity index (χ1v) is 12.3. The number of sulfonamides is 1. The second kappa shape index (κ2) is 8.68. The van der Waals surface area contributed by atoms with E-state index in [4.69, 9.17) is 0 Å². The lowest BCUT2D eigenvalue weighted by molar-refractivity contribution is -0.274. The summed E-state index contributed by atoms with van der Waals surface area (Å²) in [4.78, 5) is 7.80. The predicted octanol–water partition coefficient (Wildman–Crippen LogP) is 6.66. The van der Waals surface area contributed by atoms with Crippen LogP contribution in [0.5, 0.6) is 5.75 Å². The Labute approximate surface area is 206 Å². The standard InChI is InChI=1S/C24H17F6N3O3S/c25-23(26,27)36-15-8-5-13(6-9-15)17-12-18(17)22-31-20-10-7-14(11-21(20)32-22)16-3-1-2-4-19(16)33-37(34,35)24(28,29)30/h1-11,17-18,33H,12H2,(H,31,32). The Morgan fingerprint density at radius 2 is 1.62 bits per heavy atom. The molecule has 1 aromatic heterocycles. The average Bonchev–Trinajstić information content (AvgIpc) is 3.49. The summed E-state index contributed by atoms with van der Waals surface area (Å²) in [7, 11) is -5.60. The van der Waals surface area contributed by atoms with Gasteiger partial charge >= 0.3 is 21.9 Å². The number of nitrogens with one attached hydrogen (secondary N) is 2. The van der Waals surface area contributed by atoms with E-state index in [0.29, 0.717) is 22.4 Å². The second-order valence-electron chi connectivity index (χ2n) is 8.52. The number of hydrogen-bond acceptors (Lipinski definition) is 4. The monoisotopic (exact) mass is 541 g/mol. The minimum absolute atomic E-state index is 0.0103. The van der Waals surface area contributed by atoms with Crippen molar-refractivity contribution in [2.75, 3.05) is 4.72 Å². The molecular formula is C24H17F6N3O3S. The molecule has 194 valence electrons. The van der Waals surface area contributed by atoms with Crippen LogP contribution in [0.4, 0.5) is 32.0 Å². The Bertz CT molecular complexity index is 1560. The van der Waals surface area contributed by atoms with Crippen molar-refractivity contribution in [2.24, 2.45) is 0 Å². The first-order chi connectivity index (χ1) is 17.3. The van der Waals surface area contributed by atoms with Crippen molar-refractivity contribution < 1.29 is 39.5 Å². The number of aromatic amines is 1. The molecule has 2 N–H and O–H groups in total. The van der Waals surface area contributed by atoms with Gasteiger partial charge in [0.05, 0.1) is 16.7 Å². The number of halogens is 6. The molecule has 0 saturated heterocycles. The molecule has 1 aliphatic carbocycles. The van der Waals surface area contributed by atoms with Gasteiger partial charge in [-0.2, -0.15) is 21.6 Å². The van der Waals surface area contributed by atoms with E-state index >= 15 is 0 Å². The Morgan fingerprint density at radius 1 is 0.919 bits per heavy atom. The number of rotatable bonds is 6. The normalized spacial score (nSPS) is 18.1. The lowest BCUT2D eigenvalue weighted by Crippen LogP contribution is -2.30. The Balaban J connectivity index is 1.37. The Kier molecular flexibility index (Phi) is 5.85. The Hall–Kier alpha value is -3.74. The van der Waals surface area contributed by atoms with Gasteiger partial charge in [-0.05, 0) is 53.8 Å². The highest BCUT2D eigenvalue weighted by Crippen LogP contribution is 2.54. The fourth-order valence-corrected chi connectivity index (χ4v) is 4.76. The molecular weight excluding hydrogens is 524 g/mol. The molecule has 0 aliphatic heterocycles. The number of nitrogens with zero attached hydrogens (tertiary/aromatic N) is 1. The quantitative estimate of drug-likeness (QED) is 0.268. The van der Waals surface area contributed by atoms with Gasteiger partial charge in [-0.15, -0.1) is 13.2 Å². The number of alkyl halides is 6. The van der Waals surface area contributed by atoms with Crippen molar-refractivity contribution in [1.29, 1.82) is 0 Å². The first kappa shape index (κ1) is 24.9. The molecule has 6 nitrogen and oxygen atoms in total. The maximum Gasteiger partial charge on any atom is 0.573 e. The van der Waals surface area contributed by atoms with E-state index < -0.39 is 21.9 Å². The molecule has 1 fully saturated rings. The first-order valence-electron chi connectivity index (χ1n) is 10.8. The number of hydrogen-bond donors (Lipinski definition) is 2. The largest absolute Gasteiger partial charge is 0.573 e. The van der Waals surface area contributed by atoms with Gasteiger partial charge in [-0.25, -0.2) is 4.98 Å². The predicted molar refractivity (Wildman–Crippen MR) is 123 cm³/mol. The van der Waals surface area contributed by atoms with Crippen molar-refractivity contribution in [3.05, 3.63) is 78.1 Å². The lowest BCUT2D eigenvalue weighted by Gasteiger charge is -2.14. The van der Waals surface area contributed by atoms with Gasteiger partial charge in [-0.3, -0.25) is 4.72 Å². The molecule has 2 atom stereocenters. The summed E-state index contributed by atoms with van der Waals surface area (Å²) in [6.07, 6.45) is -4.03. The summed E-state index contributed by atoms with van der Waals surface area (Å²) in [6, 6.07) is 16.3. The molecule has 0 amide bonds. The molecule has 0 bridgehead atoms. The smallest absolute Gasteiger partial charge is 0.406 e. The van der Waals surface area contributed by atoms with E-state index in [-0.39, 0.29) is 28.8 Å². The third kappa shape index (κ3) is 5.22. The van der Waals surface area contributed by atoms with Crippen LogP contribution in [0.1, 0.15) is 29.6 Å². The van der Waals surface area contributed by atoms with Gasteiger partial charge in [0.1, 0.15) is 11.6 Å². The van der Waals surface area contributed by atoms with Gasteiger partial charge in [0.15, 0.2) is 0 Å². The van der Waals surface area contributed by atoms with Crippen molar-refractivity contribution in [1.82, 2.24) is 9.97 Å². The minimum Gasteiger partial charge on any atom is -0.406 e. The molecule has 1 heterocycles. The summed E-state index contributed by atoms with van der Waals surface area (Å²) < 4.78 is 104. The molecule has 37 heavy (non-hydrogen) atoms. The number of para-hydroxylation sites is 1. The highest BCUT2D eigenvalue weighted by Gasteiger charge is 2.46. The summed E-state index contributed by atoms with van der Waals surface area (Å²) in [5.74, 6) is 0.426. The molecule has 0 spiro atoms. The lowest BCUT2D eigenvalue weighted by atomic mass is 10.0. The molecule has 13 heteroatoms. The number of imidazole rings is 1. The van der Waals surface area contributed by atoms with Gasteiger partial charge in [-0.1, -0.05) is 36.4 Å². The summed E-state index contributed by atoms with van der Waals surface area (Å²) in [6.45, 7) is 0. The molecule has 3 aromatic carbocycles. The number of fused-ring (bicyclic) bond motifs is 1. The van der Waals surface area contributed by atoms with Gasteiger partial charge in [0.2, 0.25) is 0 Å². The minimum atomic E-state index is -5.60. The van der Waals surface area contributed by atoms with Crippen molar-refractivity contribution in [2.45, 2.75) is 30.1 Å². The maximum absolute atomic E-state index is 12.9. The van der Waals surface area contributed by atoms with Crippen molar-refractivity contribution in [3.63, 3.8) is 0 Å². The number of benzene rings is 3. The van der Waals surface area contributed by atoms with E-state index in [2.05, 4.69) is 14.7 Å². The van der Waals surface area contributed by atoms with E-state index in [1.54, 1.807) is 41.1 Å².